The van der Waals surface area contributed by atoms with Gasteiger partial charge in [-0.25, -0.2) is 9.97 Å². The molecule has 0 radical (unpaired) electrons. The van der Waals surface area contributed by atoms with E-state index in [0.717, 1.165) is 17.1 Å². The maximum atomic E-state index is 4.34. The second-order valence-corrected chi connectivity index (χ2v) is 3.97. The Kier molecular flexibility index (Phi) is 4.46. The Bertz CT molecular complexity index is 492. The lowest BCUT2D eigenvalue weighted by molar-refractivity contribution is 1.06. The average Bonchev–Trinajstić information content (AvgIpc) is 2.15. The maximum Gasteiger partial charge on any atom is 0.227 e. The third kappa shape index (κ3) is 3.71. The van der Waals surface area contributed by atoms with Gasteiger partial charge in [-0.15, -0.1) is 12.4 Å². The van der Waals surface area contributed by atoms with E-state index >= 15 is 0 Å². The predicted octanol–water partition coefficient (Wildman–Crippen LogP) is 3.57. The van der Waals surface area contributed by atoms with Crippen LogP contribution in [0.3, 0.4) is 0 Å². The number of aromatic nitrogens is 2. The summed E-state index contributed by atoms with van der Waals surface area (Å²) in [6.07, 6.45) is 0. The van der Waals surface area contributed by atoms with Crippen LogP contribution in [0.25, 0.3) is 0 Å². The van der Waals surface area contributed by atoms with Gasteiger partial charge < -0.3 is 5.32 Å². The van der Waals surface area contributed by atoms with Gasteiger partial charge in [-0.3, -0.25) is 0 Å². The van der Waals surface area contributed by atoms with E-state index in [2.05, 4.69) is 34.3 Å². The Morgan fingerprint density at radius 1 is 0.941 bits per heavy atom. The Morgan fingerprint density at radius 2 is 1.59 bits per heavy atom. The van der Waals surface area contributed by atoms with Crippen LogP contribution in [-0.4, -0.2) is 9.97 Å². The number of rotatable bonds is 2. The molecule has 1 N–H and O–H groups in total. The summed E-state index contributed by atoms with van der Waals surface area (Å²) in [7, 11) is 0. The minimum atomic E-state index is 0. The summed E-state index contributed by atoms with van der Waals surface area (Å²) in [4.78, 5) is 8.67. The van der Waals surface area contributed by atoms with E-state index in [-0.39, 0.29) is 12.4 Å². The Labute approximate surface area is 108 Å². The quantitative estimate of drug-likeness (QED) is 0.884. The van der Waals surface area contributed by atoms with Crippen LogP contribution in [-0.2, 0) is 0 Å². The molecule has 3 nitrogen and oxygen atoms in total. The summed E-state index contributed by atoms with van der Waals surface area (Å²) in [6, 6.07) is 10.1. The third-order valence-electron chi connectivity index (χ3n) is 2.26. The molecular weight excluding hydrogens is 234 g/mol. The highest BCUT2D eigenvalue weighted by molar-refractivity contribution is 5.85. The van der Waals surface area contributed by atoms with Crippen molar-refractivity contribution in [2.24, 2.45) is 0 Å². The maximum absolute atomic E-state index is 4.34. The van der Waals surface area contributed by atoms with Gasteiger partial charge in [-0.05, 0) is 44.5 Å². The zero-order chi connectivity index (χ0) is 11.5. The van der Waals surface area contributed by atoms with Gasteiger partial charge in [0.15, 0.2) is 0 Å². The lowest BCUT2D eigenvalue weighted by atomic mass is 10.2. The number of nitrogens with one attached hydrogen (secondary N) is 1. The first-order chi connectivity index (χ1) is 7.63. The van der Waals surface area contributed by atoms with Crippen molar-refractivity contribution in [3.63, 3.8) is 0 Å². The summed E-state index contributed by atoms with van der Waals surface area (Å²) < 4.78 is 0. The molecule has 0 aliphatic carbocycles. The van der Waals surface area contributed by atoms with Gasteiger partial charge in [0.2, 0.25) is 5.95 Å². The Hall–Kier alpha value is -1.61. The molecule has 0 fully saturated rings. The zero-order valence-corrected chi connectivity index (χ0v) is 11.0. The second kappa shape index (κ2) is 5.64. The van der Waals surface area contributed by atoms with Crippen LogP contribution < -0.4 is 5.32 Å². The van der Waals surface area contributed by atoms with E-state index in [1.54, 1.807) is 0 Å². The molecule has 0 unspecified atom stereocenters. The number of hydrogen-bond donors (Lipinski definition) is 1. The average molecular weight is 250 g/mol. The lowest BCUT2D eigenvalue weighted by Gasteiger charge is -2.06. The molecule has 1 aromatic heterocycles. The van der Waals surface area contributed by atoms with Crippen LogP contribution in [0, 0.1) is 20.8 Å². The van der Waals surface area contributed by atoms with Crippen molar-refractivity contribution >= 4 is 24.0 Å². The van der Waals surface area contributed by atoms with Crippen molar-refractivity contribution in [2.45, 2.75) is 20.8 Å². The number of benzene rings is 1. The molecule has 1 aromatic carbocycles. The van der Waals surface area contributed by atoms with Crippen LogP contribution in [0.1, 0.15) is 17.0 Å². The van der Waals surface area contributed by atoms with Crippen molar-refractivity contribution in [1.82, 2.24) is 9.97 Å². The number of halogens is 1. The molecular formula is C13H16ClN3. The molecule has 0 saturated heterocycles. The normalized spacial score (nSPS) is 9.59. The molecule has 1 heterocycles. The summed E-state index contributed by atoms with van der Waals surface area (Å²) in [5.41, 5.74) is 4.18. The Balaban J connectivity index is 0.00000144. The molecule has 0 atom stereocenters. The fourth-order valence-electron chi connectivity index (χ4n) is 1.63. The molecule has 2 aromatic rings. The molecule has 2 rings (SSSR count). The summed E-state index contributed by atoms with van der Waals surface area (Å²) in [5, 5.41) is 3.20. The van der Waals surface area contributed by atoms with E-state index in [9.17, 15) is 0 Å². The van der Waals surface area contributed by atoms with Crippen molar-refractivity contribution in [2.75, 3.05) is 5.32 Å². The number of hydrogen-bond acceptors (Lipinski definition) is 3. The topological polar surface area (TPSA) is 37.8 Å². The molecule has 0 amide bonds. The van der Waals surface area contributed by atoms with Crippen LogP contribution in [0.4, 0.5) is 11.6 Å². The molecule has 0 saturated carbocycles. The van der Waals surface area contributed by atoms with Gasteiger partial charge in [0.25, 0.3) is 0 Å². The minimum Gasteiger partial charge on any atom is -0.324 e. The summed E-state index contributed by atoms with van der Waals surface area (Å²) in [6.45, 7) is 6.00. The number of nitrogens with zero attached hydrogens (tertiary/aromatic N) is 2. The lowest BCUT2D eigenvalue weighted by Crippen LogP contribution is -1.99. The highest BCUT2D eigenvalue weighted by Crippen LogP contribution is 2.14. The number of anilines is 2. The standard InChI is InChI=1S/C13H15N3.ClH/c1-9-5-4-6-12(7-9)16-13-14-10(2)8-11(3)15-13;/h4-8H,1-3H3,(H,14,15,16);1H. The highest BCUT2D eigenvalue weighted by atomic mass is 35.5. The van der Waals surface area contributed by atoms with Crippen LogP contribution in [0.15, 0.2) is 30.3 Å². The van der Waals surface area contributed by atoms with E-state index in [0.29, 0.717) is 5.95 Å². The highest BCUT2D eigenvalue weighted by Gasteiger charge is 1.99. The fraction of sp³-hybridized carbons (Fsp3) is 0.231. The van der Waals surface area contributed by atoms with Crippen molar-refractivity contribution < 1.29 is 0 Å². The molecule has 4 heteroatoms. The molecule has 0 bridgehead atoms. The monoisotopic (exact) mass is 249 g/mol. The van der Waals surface area contributed by atoms with Crippen molar-refractivity contribution in [3.05, 3.63) is 47.3 Å². The number of aryl methyl sites for hydroxylation is 3. The largest absolute Gasteiger partial charge is 0.324 e. The van der Waals surface area contributed by atoms with Gasteiger partial charge >= 0.3 is 0 Å². The molecule has 0 aliphatic heterocycles. The molecule has 17 heavy (non-hydrogen) atoms. The van der Waals surface area contributed by atoms with Crippen LogP contribution in [0.2, 0.25) is 0 Å². The minimum absolute atomic E-state index is 0. The Morgan fingerprint density at radius 3 is 2.18 bits per heavy atom. The molecule has 90 valence electrons. The van der Waals surface area contributed by atoms with Gasteiger partial charge in [-0.1, -0.05) is 12.1 Å². The molecule has 0 spiro atoms. The summed E-state index contributed by atoms with van der Waals surface area (Å²) >= 11 is 0. The van der Waals surface area contributed by atoms with E-state index in [1.807, 2.05) is 32.0 Å². The van der Waals surface area contributed by atoms with Gasteiger partial charge in [0.05, 0.1) is 0 Å². The van der Waals surface area contributed by atoms with E-state index < -0.39 is 0 Å². The third-order valence-corrected chi connectivity index (χ3v) is 2.26. The summed E-state index contributed by atoms with van der Waals surface area (Å²) in [5.74, 6) is 0.656. The van der Waals surface area contributed by atoms with Crippen LogP contribution in [0.5, 0.6) is 0 Å². The predicted molar refractivity (Wildman–Crippen MR) is 73.2 cm³/mol. The first-order valence-electron chi connectivity index (χ1n) is 5.29. The van der Waals surface area contributed by atoms with Gasteiger partial charge in [0.1, 0.15) is 0 Å². The van der Waals surface area contributed by atoms with Gasteiger partial charge in [0, 0.05) is 17.1 Å². The fourth-order valence-corrected chi connectivity index (χ4v) is 1.63. The zero-order valence-electron chi connectivity index (χ0n) is 10.2. The van der Waals surface area contributed by atoms with Crippen LogP contribution >= 0.6 is 12.4 Å². The first-order valence-corrected chi connectivity index (χ1v) is 5.29. The van der Waals surface area contributed by atoms with E-state index in [1.165, 1.54) is 5.56 Å². The van der Waals surface area contributed by atoms with Gasteiger partial charge in [-0.2, -0.15) is 0 Å². The van der Waals surface area contributed by atoms with Crippen molar-refractivity contribution in [3.8, 4) is 0 Å². The SMILES string of the molecule is Cc1cccc(Nc2nc(C)cc(C)n2)c1.Cl. The van der Waals surface area contributed by atoms with E-state index in [4.69, 9.17) is 0 Å². The second-order valence-electron chi connectivity index (χ2n) is 3.97. The first kappa shape index (κ1) is 13.5. The smallest absolute Gasteiger partial charge is 0.227 e. The van der Waals surface area contributed by atoms with Crippen molar-refractivity contribution in [1.29, 1.82) is 0 Å². The molecule has 0 aliphatic rings.